The number of amides is 1. The molecule has 0 spiro atoms. The van der Waals surface area contributed by atoms with Gasteiger partial charge in [0, 0.05) is 18.7 Å². The minimum Gasteiger partial charge on any atom is -0.465 e. The summed E-state index contributed by atoms with van der Waals surface area (Å²) in [7, 11) is 1.36. The third-order valence-electron chi connectivity index (χ3n) is 3.99. The number of nitrogens with zero attached hydrogens (tertiary/aromatic N) is 6. The second-order valence-electron chi connectivity index (χ2n) is 5.85. The van der Waals surface area contributed by atoms with Crippen molar-refractivity contribution in [2.24, 2.45) is 7.05 Å². The van der Waals surface area contributed by atoms with Crippen molar-refractivity contribution in [3.05, 3.63) is 47.7 Å². The molecule has 0 aliphatic rings. The number of nitrogen functional groups attached to an aromatic ring is 1. The van der Waals surface area contributed by atoms with Crippen molar-refractivity contribution in [3.8, 4) is 11.4 Å². The fourth-order valence-corrected chi connectivity index (χ4v) is 2.71. The van der Waals surface area contributed by atoms with Gasteiger partial charge in [-0.25, -0.2) is 28.2 Å². The van der Waals surface area contributed by atoms with Crippen LogP contribution in [0.25, 0.3) is 11.4 Å². The Balaban J connectivity index is 2.18. The maximum atomic E-state index is 14.3. The maximum Gasteiger partial charge on any atom is 0.413 e. The zero-order valence-corrected chi connectivity index (χ0v) is 14.6. The van der Waals surface area contributed by atoms with Crippen molar-refractivity contribution < 1.29 is 23.1 Å². The fraction of sp³-hybridized carbons (Fsp3) is 0.188. The van der Waals surface area contributed by atoms with Gasteiger partial charge in [-0.3, -0.25) is 4.90 Å². The number of carboxylic acid groups (broad SMARTS) is 1. The molecular formula is C16H14F3N7O2. The Morgan fingerprint density at radius 1 is 1.21 bits per heavy atom. The number of carbonyl (C=O) groups is 1. The van der Waals surface area contributed by atoms with E-state index in [0.29, 0.717) is 11.1 Å². The number of aromatic nitrogens is 5. The van der Waals surface area contributed by atoms with Crippen LogP contribution in [0.3, 0.4) is 0 Å². The summed E-state index contributed by atoms with van der Waals surface area (Å²) in [6, 6.07) is 0.577. The van der Waals surface area contributed by atoms with Crippen LogP contribution in [0.4, 0.5) is 29.5 Å². The molecule has 3 rings (SSSR count). The summed E-state index contributed by atoms with van der Waals surface area (Å²) in [6.45, 7) is 1.32. The molecule has 9 nitrogen and oxygen atoms in total. The van der Waals surface area contributed by atoms with Crippen LogP contribution >= 0.6 is 0 Å². The van der Waals surface area contributed by atoms with Crippen molar-refractivity contribution in [3.63, 3.8) is 0 Å². The van der Waals surface area contributed by atoms with Crippen LogP contribution in [-0.4, -0.2) is 36.2 Å². The quantitative estimate of drug-likeness (QED) is 0.653. The lowest BCUT2D eigenvalue weighted by Crippen LogP contribution is -2.35. The summed E-state index contributed by atoms with van der Waals surface area (Å²) in [5.41, 5.74) is 4.71. The minimum atomic E-state index is -1.53. The van der Waals surface area contributed by atoms with Gasteiger partial charge in [0.05, 0.1) is 24.1 Å². The molecule has 1 atom stereocenters. The van der Waals surface area contributed by atoms with Crippen LogP contribution in [0, 0.1) is 17.6 Å². The Bertz CT molecular complexity index is 1060. The van der Waals surface area contributed by atoms with Crippen molar-refractivity contribution in [1.82, 2.24) is 25.0 Å². The average molecular weight is 393 g/mol. The lowest BCUT2D eigenvalue weighted by atomic mass is 10.1. The molecule has 3 heterocycles. The maximum absolute atomic E-state index is 14.3. The molecule has 0 aliphatic heterocycles. The Labute approximate surface area is 156 Å². The molecule has 0 aliphatic carbocycles. The van der Waals surface area contributed by atoms with Gasteiger partial charge in [-0.2, -0.15) is 4.39 Å². The number of halogens is 3. The summed E-state index contributed by atoms with van der Waals surface area (Å²) in [5, 5.41) is 17.2. The highest BCUT2D eigenvalue weighted by Gasteiger charge is 2.33. The lowest BCUT2D eigenvalue weighted by Gasteiger charge is -2.26. The summed E-state index contributed by atoms with van der Waals surface area (Å²) in [5.74, 6) is -2.94. The van der Waals surface area contributed by atoms with Gasteiger partial charge in [-0.15, -0.1) is 5.10 Å². The molecule has 12 heteroatoms. The van der Waals surface area contributed by atoms with Gasteiger partial charge in [-0.1, -0.05) is 5.21 Å². The lowest BCUT2D eigenvalue weighted by molar-refractivity contribution is 0.199. The number of hydrogen-bond donors (Lipinski definition) is 2. The highest BCUT2D eigenvalue weighted by atomic mass is 19.1. The topological polar surface area (TPSA) is 123 Å². The number of aryl methyl sites for hydroxylation is 1. The smallest absolute Gasteiger partial charge is 0.413 e. The SMILES string of the molecule is C[C@H](c1cc(F)cnc1F)N(C(=O)O)c1c(-c2ncc(N)cc2F)nnn1C. The standard InChI is InChI=1S/C16H14F3N7O2/c1-7(10-3-8(17)5-22-14(10)19)26(16(27)28)15-13(23-24-25(15)2)12-11(18)4-9(20)6-21-12/h3-7H,20H2,1-2H3,(H,27,28)/t7-/m1/s1. The molecule has 0 saturated carbocycles. The largest absolute Gasteiger partial charge is 0.465 e. The number of rotatable bonds is 4. The first-order valence-corrected chi connectivity index (χ1v) is 7.84. The van der Waals surface area contributed by atoms with E-state index in [1.54, 1.807) is 0 Å². The van der Waals surface area contributed by atoms with Crippen LogP contribution < -0.4 is 10.6 Å². The van der Waals surface area contributed by atoms with Gasteiger partial charge >= 0.3 is 6.09 Å². The second kappa shape index (κ2) is 7.13. The molecule has 0 radical (unpaired) electrons. The predicted octanol–water partition coefficient (Wildman–Crippen LogP) is 2.52. The highest BCUT2D eigenvalue weighted by molar-refractivity contribution is 5.90. The van der Waals surface area contributed by atoms with Crippen LogP contribution in [0.2, 0.25) is 0 Å². The molecule has 3 aromatic rings. The van der Waals surface area contributed by atoms with Crippen molar-refractivity contribution in [2.45, 2.75) is 13.0 Å². The molecule has 0 saturated heterocycles. The van der Waals surface area contributed by atoms with Crippen molar-refractivity contribution in [2.75, 3.05) is 10.6 Å². The van der Waals surface area contributed by atoms with Gasteiger partial charge < -0.3 is 10.8 Å². The Hall–Kier alpha value is -3.70. The van der Waals surface area contributed by atoms with E-state index in [0.717, 1.165) is 16.8 Å². The van der Waals surface area contributed by atoms with E-state index in [1.807, 2.05) is 0 Å². The van der Waals surface area contributed by atoms with E-state index in [4.69, 9.17) is 5.73 Å². The minimum absolute atomic E-state index is 0.0584. The van der Waals surface area contributed by atoms with Crippen LogP contribution in [-0.2, 0) is 7.05 Å². The molecule has 0 unspecified atom stereocenters. The number of pyridine rings is 2. The molecular weight excluding hydrogens is 379 g/mol. The van der Waals surface area contributed by atoms with E-state index in [-0.39, 0.29) is 28.5 Å². The van der Waals surface area contributed by atoms with Gasteiger partial charge in [-0.05, 0) is 13.0 Å². The predicted molar refractivity (Wildman–Crippen MR) is 91.7 cm³/mol. The number of anilines is 2. The highest BCUT2D eigenvalue weighted by Crippen LogP contribution is 2.35. The van der Waals surface area contributed by atoms with Crippen LogP contribution in [0.1, 0.15) is 18.5 Å². The summed E-state index contributed by atoms with van der Waals surface area (Å²) >= 11 is 0. The fourth-order valence-electron chi connectivity index (χ4n) is 2.71. The van der Waals surface area contributed by atoms with E-state index in [9.17, 15) is 23.1 Å². The first kappa shape index (κ1) is 19.1. The first-order valence-electron chi connectivity index (χ1n) is 7.84. The summed E-state index contributed by atoms with van der Waals surface area (Å²) in [4.78, 5) is 19.8. The monoisotopic (exact) mass is 393 g/mol. The molecule has 146 valence electrons. The molecule has 28 heavy (non-hydrogen) atoms. The van der Waals surface area contributed by atoms with E-state index in [1.165, 1.54) is 20.2 Å². The molecule has 0 aromatic carbocycles. The number of nitrogens with two attached hydrogens (primary N) is 1. The van der Waals surface area contributed by atoms with E-state index < -0.39 is 29.7 Å². The van der Waals surface area contributed by atoms with Gasteiger partial charge in [0.1, 0.15) is 11.5 Å². The zero-order valence-electron chi connectivity index (χ0n) is 14.6. The Morgan fingerprint density at radius 2 is 1.93 bits per heavy atom. The van der Waals surface area contributed by atoms with E-state index >= 15 is 0 Å². The first-order chi connectivity index (χ1) is 13.2. The van der Waals surface area contributed by atoms with Crippen LogP contribution in [0.15, 0.2) is 24.5 Å². The molecule has 0 fully saturated rings. The summed E-state index contributed by atoms with van der Waals surface area (Å²) < 4.78 is 43.0. The van der Waals surface area contributed by atoms with Crippen molar-refractivity contribution in [1.29, 1.82) is 0 Å². The summed E-state index contributed by atoms with van der Waals surface area (Å²) in [6.07, 6.45) is 0.307. The van der Waals surface area contributed by atoms with Gasteiger partial charge in [0.25, 0.3) is 0 Å². The molecule has 3 N–H and O–H groups in total. The normalized spacial score (nSPS) is 12.0. The van der Waals surface area contributed by atoms with Gasteiger partial charge in [0.2, 0.25) is 5.95 Å². The van der Waals surface area contributed by atoms with E-state index in [2.05, 4.69) is 20.3 Å². The van der Waals surface area contributed by atoms with Crippen molar-refractivity contribution >= 4 is 17.6 Å². The third kappa shape index (κ3) is 3.31. The molecule has 0 bridgehead atoms. The Kier molecular flexibility index (Phi) is 4.86. The number of hydrogen-bond acceptors (Lipinski definition) is 6. The molecule has 3 aromatic heterocycles. The average Bonchev–Trinajstić information content (AvgIpc) is 2.98. The van der Waals surface area contributed by atoms with Gasteiger partial charge in [0.15, 0.2) is 17.3 Å². The zero-order chi connectivity index (χ0) is 20.6. The third-order valence-corrected chi connectivity index (χ3v) is 3.99. The molecule has 1 amide bonds. The van der Waals surface area contributed by atoms with Crippen LogP contribution in [0.5, 0.6) is 0 Å². The second-order valence-corrected chi connectivity index (χ2v) is 5.85. The Morgan fingerprint density at radius 3 is 2.57 bits per heavy atom.